The van der Waals surface area contributed by atoms with Crippen molar-refractivity contribution in [2.24, 2.45) is 0 Å². The number of nitrogens with one attached hydrogen (secondary N) is 1. The fourth-order valence-electron chi connectivity index (χ4n) is 2.15. The van der Waals surface area contributed by atoms with Gasteiger partial charge in [-0.15, -0.1) is 0 Å². The van der Waals surface area contributed by atoms with Crippen molar-refractivity contribution in [2.75, 3.05) is 12.4 Å². The summed E-state index contributed by atoms with van der Waals surface area (Å²) >= 11 is 0. The second kappa shape index (κ2) is 6.43. The fourth-order valence-corrected chi connectivity index (χ4v) is 2.15. The Morgan fingerprint density at radius 1 is 1.24 bits per heavy atom. The Bertz CT molecular complexity index is 600. The molecule has 0 atom stereocenters. The van der Waals surface area contributed by atoms with Gasteiger partial charge in [-0.1, -0.05) is 18.2 Å². The molecule has 110 valence electrons. The zero-order valence-corrected chi connectivity index (χ0v) is 12.1. The van der Waals surface area contributed by atoms with E-state index in [4.69, 9.17) is 9.47 Å². The average molecular weight is 285 g/mol. The molecule has 21 heavy (non-hydrogen) atoms. The van der Waals surface area contributed by atoms with Crippen LogP contribution in [-0.2, 0) is 6.54 Å². The van der Waals surface area contributed by atoms with Crippen molar-refractivity contribution in [1.29, 1.82) is 0 Å². The summed E-state index contributed by atoms with van der Waals surface area (Å²) in [4.78, 5) is 8.42. The van der Waals surface area contributed by atoms with Gasteiger partial charge in [0.25, 0.3) is 0 Å². The smallest absolute Gasteiger partial charge is 0.226 e. The molecule has 1 aromatic carbocycles. The van der Waals surface area contributed by atoms with Gasteiger partial charge in [0, 0.05) is 24.4 Å². The highest BCUT2D eigenvalue weighted by atomic mass is 16.5. The van der Waals surface area contributed by atoms with Crippen LogP contribution in [0.5, 0.6) is 11.6 Å². The van der Waals surface area contributed by atoms with E-state index in [1.165, 1.54) is 6.42 Å². The lowest BCUT2D eigenvalue weighted by atomic mass is 9.96. The van der Waals surface area contributed by atoms with Crippen molar-refractivity contribution in [3.63, 3.8) is 0 Å². The molecule has 5 heteroatoms. The monoisotopic (exact) mass is 285 g/mol. The number of benzene rings is 1. The van der Waals surface area contributed by atoms with Gasteiger partial charge in [-0.2, -0.15) is 4.98 Å². The van der Waals surface area contributed by atoms with E-state index in [9.17, 15) is 0 Å². The Labute approximate surface area is 124 Å². The van der Waals surface area contributed by atoms with Crippen LogP contribution in [-0.4, -0.2) is 23.2 Å². The molecule has 1 heterocycles. The maximum atomic E-state index is 6.01. The molecule has 0 bridgehead atoms. The molecular weight excluding hydrogens is 266 g/mol. The van der Waals surface area contributed by atoms with Crippen molar-refractivity contribution in [3.8, 4) is 11.6 Å². The SMILES string of the molecule is COc1ccnc(NCc2ccccc2OC2CCC2)n1. The third-order valence-electron chi connectivity index (χ3n) is 3.59. The first-order valence-electron chi connectivity index (χ1n) is 7.20. The molecular formula is C16H19N3O2. The van der Waals surface area contributed by atoms with Crippen molar-refractivity contribution < 1.29 is 9.47 Å². The van der Waals surface area contributed by atoms with Gasteiger partial charge in [0.1, 0.15) is 5.75 Å². The van der Waals surface area contributed by atoms with E-state index in [2.05, 4.69) is 21.4 Å². The number of ether oxygens (including phenoxy) is 2. The molecule has 1 saturated carbocycles. The zero-order valence-electron chi connectivity index (χ0n) is 12.1. The molecule has 1 fully saturated rings. The van der Waals surface area contributed by atoms with Crippen LogP contribution in [0, 0.1) is 0 Å². The number of hydrogen-bond acceptors (Lipinski definition) is 5. The van der Waals surface area contributed by atoms with Crippen molar-refractivity contribution in [2.45, 2.75) is 31.9 Å². The molecule has 2 aromatic rings. The third kappa shape index (κ3) is 3.42. The van der Waals surface area contributed by atoms with E-state index >= 15 is 0 Å². The van der Waals surface area contributed by atoms with Crippen molar-refractivity contribution in [1.82, 2.24) is 9.97 Å². The topological polar surface area (TPSA) is 56.3 Å². The molecule has 0 saturated heterocycles. The second-order valence-electron chi connectivity index (χ2n) is 5.05. The largest absolute Gasteiger partial charge is 0.490 e. The summed E-state index contributed by atoms with van der Waals surface area (Å²) in [6.45, 7) is 0.621. The number of hydrogen-bond donors (Lipinski definition) is 1. The molecule has 1 aliphatic carbocycles. The molecule has 0 spiro atoms. The van der Waals surface area contributed by atoms with E-state index in [-0.39, 0.29) is 0 Å². The Morgan fingerprint density at radius 3 is 2.86 bits per heavy atom. The van der Waals surface area contributed by atoms with Gasteiger partial charge >= 0.3 is 0 Å². The third-order valence-corrected chi connectivity index (χ3v) is 3.59. The number of anilines is 1. The second-order valence-corrected chi connectivity index (χ2v) is 5.05. The summed E-state index contributed by atoms with van der Waals surface area (Å²) in [7, 11) is 1.59. The van der Waals surface area contributed by atoms with Gasteiger partial charge in [-0.05, 0) is 25.3 Å². The standard InChI is InChI=1S/C16H19N3O2/c1-20-15-9-10-17-16(19-15)18-11-12-5-2-3-8-14(12)21-13-6-4-7-13/h2-3,5,8-10,13H,4,6-7,11H2,1H3,(H,17,18,19). The van der Waals surface area contributed by atoms with E-state index in [1.807, 2.05) is 18.2 Å². The van der Waals surface area contributed by atoms with Crippen LogP contribution in [0.3, 0.4) is 0 Å². The van der Waals surface area contributed by atoms with E-state index in [0.717, 1.165) is 24.2 Å². The predicted molar refractivity (Wildman–Crippen MR) is 80.6 cm³/mol. The first-order chi connectivity index (χ1) is 10.3. The summed E-state index contributed by atoms with van der Waals surface area (Å²) < 4.78 is 11.1. The molecule has 0 unspecified atom stereocenters. The highest BCUT2D eigenvalue weighted by Gasteiger charge is 2.20. The predicted octanol–water partition coefficient (Wildman–Crippen LogP) is 3.03. The van der Waals surface area contributed by atoms with Crippen LogP contribution in [0.4, 0.5) is 5.95 Å². The van der Waals surface area contributed by atoms with Gasteiger partial charge in [-0.3, -0.25) is 0 Å². The van der Waals surface area contributed by atoms with E-state index in [0.29, 0.717) is 24.5 Å². The van der Waals surface area contributed by atoms with E-state index in [1.54, 1.807) is 19.4 Å². The molecule has 5 nitrogen and oxygen atoms in total. The molecule has 0 aliphatic heterocycles. The van der Waals surface area contributed by atoms with Crippen LogP contribution >= 0.6 is 0 Å². The van der Waals surface area contributed by atoms with Gasteiger partial charge in [0.15, 0.2) is 0 Å². The van der Waals surface area contributed by atoms with Crippen LogP contribution in [0.1, 0.15) is 24.8 Å². The highest BCUT2D eigenvalue weighted by molar-refractivity contribution is 5.37. The molecule has 3 rings (SSSR count). The number of aromatic nitrogens is 2. The van der Waals surface area contributed by atoms with Gasteiger partial charge < -0.3 is 14.8 Å². The first-order valence-corrected chi connectivity index (χ1v) is 7.20. The minimum absolute atomic E-state index is 0.374. The molecule has 1 aliphatic rings. The fraction of sp³-hybridized carbons (Fsp3) is 0.375. The van der Waals surface area contributed by atoms with Crippen molar-refractivity contribution in [3.05, 3.63) is 42.1 Å². The van der Waals surface area contributed by atoms with Crippen LogP contribution in [0.15, 0.2) is 36.5 Å². The Kier molecular flexibility index (Phi) is 4.19. The summed E-state index contributed by atoms with van der Waals surface area (Å²) in [5.41, 5.74) is 1.11. The number of para-hydroxylation sites is 1. The molecule has 0 amide bonds. The van der Waals surface area contributed by atoms with Crippen LogP contribution < -0.4 is 14.8 Å². The van der Waals surface area contributed by atoms with Gasteiger partial charge in [-0.25, -0.2) is 4.98 Å². The Balaban J connectivity index is 1.66. The van der Waals surface area contributed by atoms with Crippen LogP contribution in [0.25, 0.3) is 0 Å². The number of rotatable bonds is 6. The van der Waals surface area contributed by atoms with Crippen molar-refractivity contribution >= 4 is 5.95 Å². The molecule has 1 N–H and O–H groups in total. The Hall–Kier alpha value is -2.30. The summed E-state index contributed by atoms with van der Waals surface area (Å²) in [5.74, 6) is 2.04. The van der Waals surface area contributed by atoms with Gasteiger partial charge in [0.2, 0.25) is 11.8 Å². The highest BCUT2D eigenvalue weighted by Crippen LogP contribution is 2.27. The van der Waals surface area contributed by atoms with Crippen LogP contribution in [0.2, 0.25) is 0 Å². The summed E-state index contributed by atoms with van der Waals surface area (Å²) in [6, 6.07) is 9.80. The minimum atomic E-state index is 0.374. The molecule has 0 radical (unpaired) electrons. The maximum Gasteiger partial charge on any atom is 0.226 e. The maximum absolute atomic E-state index is 6.01. The Morgan fingerprint density at radius 2 is 2.10 bits per heavy atom. The summed E-state index contributed by atoms with van der Waals surface area (Å²) in [5, 5.41) is 3.20. The van der Waals surface area contributed by atoms with E-state index < -0.39 is 0 Å². The lowest BCUT2D eigenvalue weighted by molar-refractivity contribution is 0.119. The van der Waals surface area contributed by atoms with Gasteiger partial charge in [0.05, 0.1) is 13.2 Å². The lowest BCUT2D eigenvalue weighted by Crippen LogP contribution is -2.25. The normalized spacial score (nSPS) is 14.3. The zero-order chi connectivity index (χ0) is 14.5. The first kappa shape index (κ1) is 13.7. The summed E-state index contributed by atoms with van der Waals surface area (Å²) in [6.07, 6.45) is 5.62. The number of nitrogens with zero attached hydrogens (tertiary/aromatic N) is 2. The minimum Gasteiger partial charge on any atom is -0.490 e. The number of methoxy groups -OCH3 is 1. The lowest BCUT2D eigenvalue weighted by Gasteiger charge is -2.27. The average Bonchev–Trinajstić information content (AvgIpc) is 2.50. The quantitative estimate of drug-likeness (QED) is 0.884. The molecule has 1 aromatic heterocycles.